The van der Waals surface area contributed by atoms with Crippen molar-refractivity contribution >= 4 is 12.4 Å². The zero-order valence-corrected chi connectivity index (χ0v) is 28.7. The number of benzene rings is 2. The van der Waals surface area contributed by atoms with Crippen LogP contribution < -0.4 is 31.9 Å². The lowest BCUT2D eigenvalue weighted by atomic mass is 9.99. The molecule has 6 N–H and O–H groups in total. The summed E-state index contributed by atoms with van der Waals surface area (Å²) in [5.74, 6) is 1.46. The molecule has 0 spiro atoms. The highest BCUT2D eigenvalue weighted by molar-refractivity contribution is 5.85. The molecule has 2 aromatic carbocycles. The van der Waals surface area contributed by atoms with Gasteiger partial charge in [0, 0.05) is 13.1 Å². The van der Waals surface area contributed by atoms with Crippen LogP contribution in [0.5, 0.6) is 0 Å². The molecule has 0 amide bonds. The molecule has 0 radical (unpaired) electrons. The van der Waals surface area contributed by atoms with Crippen molar-refractivity contribution in [2.24, 2.45) is 11.8 Å². The highest BCUT2D eigenvalue weighted by Crippen LogP contribution is 2.22. The van der Waals surface area contributed by atoms with Gasteiger partial charge in [-0.25, -0.2) is 0 Å². The van der Waals surface area contributed by atoms with Gasteiger partial charge in [-0.2, -0.15) is 0 Å². The molecule has 2 rings (SSSR count). The molecule has 0 saturated carbocycles. The van der Waals surface area contributed by atoms with E-state index in [1.165, 1.54) is 60.8 Å². The van der Waals surface area contributed by atoms with E-state index < -0.39 is 0 Å². The average molecular weight is 617 g/mol. The predicted molar refractivity (Wildman–Crippen MR) is 191 cm³/mol. The van der Waals surface area contributed by atoms with Gasteiger partial charge in [-0.05, 0) is 150 Å². The first-order chi connectivity index (χ1) is 20.5. The largest absolute Gasteiger partial charge is 0.317 e. The van der Waals surface area contributed by atoms with E-state index in [0.717, 1.165) is 90.4 Å². The smallest absolute Gasteiger partial charge is 0.0205 e. The molecule has 0 aliphatic rings. The van der Waals surface area contributed by atoms with Gasteiger partial charge in [-0.15, -0.1) is 12.4 Å². The van der Waals surface area contributed by atoms with Gasteiger partial charge < -0.3 is 31.9 Å². The molecule has 0 fully saturated rings. The van der Waals surface area contributed by atoms with Crippen LogP contribution in [0, 0.1) is 11.8 Å². The van der Waals surface area contributed by atoms with E-state index in [0.29, 0.717) is 0 Å². The van der Waals surface area contributed by atoms with Crippen molar-refractivity contribution < 1.29 is 0 Å². The molecule has 43 heavy (non-hydrogen) atoms. The first-order valence-corrected chi connectivity index (χ1v) is 17.0. The van der Waals surface area contributed by atoms with Gasteiger partial charge >= 0.3 is 0 Å². The van der Waals surface area contributed by atoms with Gasteiger partial charge in [-0.1, -0.05) is 64.1 Å². The zero-order chi connectivity index (χ0) is 30.1. The van der Waals surface area contributed by atoms with Crippen molar-refractivity contribution in [1.29, 1.82) is 0 Å². The standard InChI is InChI=1S/C36H64N6.ClH/c1-31(2)27-39-22-12-20-37-16-8-10-18-41-29-33-24-34(26-36(25-33)35-14-6-5-7-15-35)30-42-19-11-9-17-38-21-13-23-40-28-32(3)4;/h5-7,14-15,24-26,31-32,37-42H,8-13,16-23,27-30H2,1-4H3;1H. The van der Waals surface area contributed by atoms with Crippen LogP contribution >= 0.6 is 12.4 Å². The van der Waals surface area contributed by atoms with E-state index in [1.807, 2.05) is 0 Å². The monoisotopic (exact) mass is 616 g/mol. The molecular weight excluding hydrogens is 552 g/mol. The third kappa shape index (κ3) is 21.8. The Morgan fingerprint density at radius 1 is 0.442 bits per heavy atom. The quantitative estimate of drug-likeness (QED) is 0.0696. The van der Waals surface area contributed by atoms with Crippen LogP contribution in [0.15, 0.2) is 48.5 Å². The number of halogens is 1. The first-order valence-electron chi connectivity index (χ1n) is 17.0. The van der Waals surface area contributed by atoms with Crippen LogP contribution in [-0.2, 0) is 13.1 Å². The number of hydrogen-bond donors (Lipinski definition) is 6. The zero-order valence-electron chi connectivity index (χ0n) is 27.9. The Kier molecular flexibility index (Phi) is 24.7. The minimum Gasteiger partial charge on any atom is -0.317 e. The Hall–Kier alpha value is -1.51. The average Bonchev–Trinajstić information content (AvgIpc) is 2.98. The minimum absolute atomic E-state index is 0. The summed E-state index contributed by atoms with van der Waals surface area (Å²) >= 11 is 0. The molecule has 0 aliphatic heterocycles. The third-order valence-electron chi connectivity index (χ3n) is 7.25. The van der Waals surface area contributed by atoms with Gasteiger partial charge in [0.05, 0.1) is 0 Å². The maximum atomic E-state index is 3.68. The second kappa shape index (κ2) is 26.9. The molecule has 0 unspecified atom stereocenters. The van der Waals surface area contributed by atoms with Crippen LogP contribution in [0.1, 0.15) is 77.3 Å². The van der Waals surface area contributed by atoms with Gasteiger partial charge in [0.15, 0.2) is 0 Å². The van der Waals surface area contributed by atoms with Crippen LogP contribution in [-0.4, -0.2) is 65.4 Å². The molecule has 2 aromatic rings. The highest BCUT2D eigenvalue weighted by Gasteiger charge is 2.04. The Morgan fingerprint density at radius 3 is 1.28 bits per heavy atom. The van der Waals surface area contributed by atoms with E-state index in [1.54, 1.807) is 0 Å². The normalized spacial score (nSPS) is 11.4. The summed E-state index contributed by atoms with van der Waals surface area (Å²) in [4.78, 5) is 0. The van der Waals surface area contributed by atoms with Crippen LogP contribution in [0.3, 0.4) is 0 Å². The minimum atomic E-state index is 0. The number of unbranched alkanes of at least 4 members (excludes halogenated alkanes) is 2. The van der Waals surface area contributed by atoms with Gasteiger partial charge in [0.25, 0.3) is 0 Å². The van der Waals surface area contributed by atoms with Crippen molar-refractivity contribution in [3.05, 3.63) is 59.7 Å². The second-order valence-corrected chi connectivity index (χ2v) is 12.6. The maximum Gasteiger partial charge on any atom is 0.0205 e. The first kappa shape index (κ1) is 39.5. The van der Waals surface area contributed by atoms with Crippen molar-refractivity contribution in [3.8, 4) is 11.1 Å². The topological polar surface area (TPSA) is 72.2 Å². The fourth-order valence-electron chi connectivity index (χ4n) is 4.94. The lowest BCUT2D eigenvalue weighted by molar-refractivity contribution is 0.523. The summed E-state index contributed by atoms with van der Waals surface area (Å²) in [5, 5.41) is 21.6. The van der Waals surface area contributed by atoms with Crippen molar-refractivity contribution in [1.82, 2.24) is 31.9 Å². The number of hydrogen-bond acceptors (Lipinski definition) is 6. The Balaban J connectivity index is 0.00000924. The lowest BCUT2D eigenvalue weighted by Crippen LogP contribution is -2.25. The molecule has 7 heteroatoms. The van der Waals surface area contributed by atoms with Crippen LogP contribution in [0.4, 0.5) is 0 Å². The molecule has 0 saturated heterocycles. The second-order valence-electron chi connectivity index (χ2n) is 12.6. The molecule has 0 atom stereocenters. The van der Waals surface area contributed by atoms with Crippen molar-refractivity contribution in [3.63, 3.8) is 0 Å². The summed E-state index contributed by atoms with van der Waals surface area (Å²) in [6.45, 7) is 21.9. The van der Waals surface area contributed by atoms with E-state index >= 15 is 0 Å². The lowest BCUT2D eigenvalue weighted by Gasteiger charge is -2.13. The number of rotatable bonds is 27. The van der Waals surface area contributed by atoms with E-state index in [2.05, 4.69) is 108 Å². The summed E-state index contributed by atoms with van der Waals surface area (Å²) < 4.78 is 0. The van der Waals surface area contributed by atoms with Gasteiger partial charge in [0.2, 0.25) is 0 Å². The fraction of sp³-hybridized carbons (Fsp3) is 0.667. The summed E-state index contributed by atoms with van der Waals surface area (Å²) in [6, 6.07) is 17.9. The molecule has 0 bridgehead atoms. The summed E-state index contributed by atoms with van der Waals surface area (Å²) in [5.41, 5.74) is 5.34. The molecule has 0 heterocycles. The van der Waals surface area contributed by atoms with E-state index in [-0.39, 0.29) is 12.4 Å². The fourth-order valence-corrected chi connectivity index (χ4v) is 4.94. The maximum absolute atomic E-state index is 3.68. The molecule has 6 nitrogen and oxygen atoms in total. The van der Waals surface area contributed by atoms with Gasteiger partial charge in [-0.3, -0.25) is 0 Å². The van der Waals surface area contributed by atoms with Crippen LogP contribution in [0.25, 0.3) is 11.1 Å². The van der Waals surface area contributed by atoms with E-state index in [4.69, 9.17) is 0 Å². The van der Waals surface area contributed by atoms with Gasteiger partial charge in [0.1, 0.15) is 0 Å². The number of nitrogens with one attached hydrogen (secondary N) is 6. The van der Waals surface area contributed by atoms with Crippen molar-refractivity contribution in [2.75, 3.05) is 65.4 Å². The Morgan fingerprint density at radius 2 is 0.837 bits per heavy atom. The SMILES string of the molecule is CC(C)CNCCCNCCCCNCc1cc(CNCCCCNCCCNCC(C)C)cc(-c2ccccc2)c1.Cl. The van der Waals surface area contributed by atoms with E-state index in [9.17, 15) is 0 Å². The summed E-state index contributed by atoms with van der Waals surface area (Å²) in [6.07, 6.45) is 7.25. The molecular formula is C36H65ClN6. The van der Waals surface area contributed by atoms with Crippen molar-refractivity contribution in [2.45, 2.75) is 79.3 Å². The van der Waals surface area contributed by atoms with Crippen LogP contribution in [0.2, 0.25) is 0 Å². The Bertz CT molecular complexity index is 842. The molecule has 246 valence electrons. The molecule has 0 aromatic heterocycles. The highest BCUT2D eigenvalue weighted by atomic mass is 35.5. The molecule has 0 aliphatic carbocycles. The summed E-state index contributed by atoms with van der Waals surface area (Å²) in [7, 11) is 0. The third-order valence-corrected chi connectivity index (χ3v) is 7.25. The Labute approximate surface area is 271 Å². The predicted octanol–water partition coefficient (Wildman–Crippen LogP) is 5.97.